The number of nitrogens with zero attached hydrogens (tertiary/aromatic N) is 1. The molecular weight excluding hydrogens is 378 g/mol. The fourth-order valence-electron chi connectivity index (χ4n) is 2.67. The number of pyridine rings is 1. The zero-order valence-corrected chi connectivity index (χ0v) is 16.3. The van der Waals surface area contributed by atoms with E-state index in [4.69, 9.17) is 0 Å². The average molecular weight is 399 g/mol. The van der Waals surface area contributed by atoms with Gasteiger partial charge in [-0.15, -0.1) is 0 Å². The molecule has 0 aliphatic rings. The summed E-state index contributed by atoms with van der Waals surface area (Å²) in [7, 11) is -3.42. The van der Waals surface area contributed by atoms with Crippen LogP contribution in [0.2, 0.25) is 0 Å². The normalized spacial score (nSPS) is 12.1. The van der Waals surface area contributed by atoms with E-state index in [0.717, 1.165) is 5.56 Å². The number of sulfonamides is 1. The van der Waals surface area contributed by atoms with Gasteiger partial charge in [0.25, 0.3) is 5.56 Å². The predicted octanol–water partition coefficient (Wildman–Crippen LogP) is 3.00. The van der Waals surface area contributed by atoms with Gasteiger partial charge >= 0.3 is 0 Å². The molecule has 7 nitrogen and oxygen atoms in total. The lowest BCUT2D eigenvalue weighted by atomic mass is 10.1. The minimum absolute atomic E-state index is 0.245. The van der Waals surface area contributed by atoms with Crippen LogP contribution in [-0.4, -0.2) is 30.0 Å². The first-order valence-electron chi connectivity index (χ1n) is 8.72. The monoisotopic (exact) mass is 399 g/mol. The zero-order chi connectivity index (χ0) is 20.3. The molecule has 1 heterocycles. The van der Waals surface area contributed by atoms with Gasteiger partial charge in [-0.1, -0.05) is 30.3 Å². The van der Waals surface area contributed by atoms with Gasteiger partial charge in [-0.05, 0) is 37.6 Å². The van der Waals surface area contributed by atoms with Gasteiger partial charge in [0.15, 0.2) is 0 Å². The predicted molar refractivity (Wildman–Crippen MR) is 112 cm³/mol. The fourth-order valence-corrected chi connectivity index (χ4v) is 3.37. The topological polar surface area (TPSA) is 112 Å². The third-order valence-corrected chi connectivity index (χ3v) is 6.01. The van der Waals surface area contributed by atoms with Crippen LogP contribution in [0.1, 0.15) is 25.0 Å². The molecule has 0 aliphatic heterocycles. The van der Waals surface area contributed by atoms with Crippen LogP contribution in [0.4, 0.5) is 5.69 Å². The van der Waals surface area contributed by atoms with Gasteiger partial charge in [0, 0.05) is 22.7 Å². The van der Waals surface area contributed by atoms with Crippen LogP contribution in [0.3, 0.4) is 0 Å². The third-order valence-electron chi connectivity index (χ3n) is 4.25. The lowest BCUT2D eigenvalue weighted by Crippen LogP contribution is -2.22. The van der Waals surface area contributed by atoms with Gasteiger partial charge in [0.1, 0.15) is 0 Å². The quantitative estimate of drug-likeness (QED) is 0.553. The van der Waals surface area contributed by atoms with Crippen molar-refractivity contribution < 1.29 is 13.5 Å². The molecule has 0 spiro atoms. The summed E-state index contributed by atoms with van der Waals surface area (Å²) in [4.78, 5) is 18.7. The Labute approximate surface area is 162 Å². The number of rotatable bonds is 6. The molecule has 0 aliphatic carbocycles. The summed E-state index contributed by atoms with van der Waals surface area (Å²) >= 11 is 0. The maximum atomic E-state index is 12.0. The minimum atomic E-state index is -3.42. The molecule has 3 aromatic rings. The van der Waals surface area contributed by atoms with Crippen molar-refractivity contribution in [3.05, 3.63) is 70.0 Å². The molecule has 28 heavy (non-hydrogen) atoms. The van der Waals surface area contributed by atoms with E-state index < -0.39 is 15.3 Å². The number of H-pyrrole nitrogens is 1. The van der Waals surface area contributed by atoms with E-state index >= 15 is 0 Å². The lowest BCUT2D eigenvalue weighted by Gasteiger charge is -2.11. The molecule has 0 fully saturated rings. The highest BCUT2D eigenvalue weighted by Crippen LogP contribution is 2.21. The summed E-state index contributed by atoms with van der Waals surface area (Å²) in [6.07, 6.45) is 1.50. The van der Waals surface area contributed by atoms with Crippen LogP contribution in [0.5, 0.6) is 5.88 Å². The molecule has 146 valence electrons. The largest absolute Gasteiger partial charge is 0.494 e. The van der Waals surface area contributed by atoms with E-state index in [1.807, 2.05) is 6.07 Å². The number of aromatic amines is 1. The highest BCUT2D eigenvalue weighted by molar-refractivity contribution is 7.93. The van der Waals surface area contributed by atoms with Crippen molar-refractivity contribution in [2.45, 2.75) is 25.6 Å². The molecular formula is C20H21N3O4S. The standard InChI is InChI=1S/C20H21N3O4S/c1-13(2)28(26,27)23-15-7-5-6-14(10-15)11-21-12-18-16-8-3-4-9-17(16)19(24)22-20(18)25/h3-10,12-13,23H,11H2,1-2H3,(H2,22,24,25). The highest BCUT2D eigenvalue weighted by Gasteiger charge is 2.15. The average Bonchev–Trinajstić information content (AvgIpc) is 2.64. The Morgan fingerprint density at radius 3 is 2.57 bits per heavy atom. The van der Waals surface area contributed by atoms with Crippen LogP contribution in [-0.2, 0) is 16.6 Å². The molecule has 0 atom stereocenters. The molecule has 2 aromatic carbocycles. The number of hydrogen-bond donors (Lipinski definition) is 3. The van der Waals surface area contributed by atoms with Crippen molar-refractivity contribution in [2.24, 2.45) is 4.99 Å². The highest BCUT2D eigenvalue weighted by atomic mass is 32.2. The zero-order valence-electron chi connectivity index (χ0n) is 15.5. The van der Waals surface area contributed by atoms with Gasteiger partial charge in [0.2, 0.25) is 15.9 Å². The van der Waals surface area contributed by atoms with E-state index in [2.05, 4.69) is 14.7 Å². The van der Waals surface area contributed by atoms with Crippen LogP contribution in [0.15, 0.2) is 58.3 Å². The van der Waals surface area contributed by atoms with E-state index in [0.29, 0.717) is 22.0 Å². The lowest BCUT2D eigenvalue weighted by molar-refractivity contribution is 0.452. The summed E-state index contributed by atoms with van der Waals surface area (Å²) in [6.45, 7) is 3.50. The Morgan fingerprint density at radius 1 is 1.14 bits per heavy atom. The molecule has 0 bridgehead atoms. The maximum absolute atomic E-state index is 12.0. The van der Waals surface area contributed by atoms with Crippen molar-refractivity contribution in [3.8, 4) is 5.88 Å². The van der Waals surface area contributed by atoms with Crippen molar-refractivity contribution in [1.82, 2.24) is 4.98 Å². The second-order valence-corrected chi connectivity index (χ2v) is 8.86. The van der Waals surface area contributed by atoms with Crippen molar-refractivity contribution in [1.29, 1.82) is 0 Å². The summed E-state index contributed by atoms with van der Waals surface area (Å²) in [5, 5.41) is 10.6. The number of benzene rings is 2. The smallest absolute Gasteiger partial charge is 0.258 e. The maximum Gasteiger partial charge on any atom is 0.258 e. The summed E-state index contributed by atoms with van der Waals surface area (Å²) < 4.78 is 26.6. The van der Waals surface area contributed by atoms with E-state index in [9.17, 15) is 18.3 Å². The second kappa shape index (κ2) is 7.85. The first kappa shape index (κ1) is 19.6. The van der Waals surface area contributed by atoms with Crippen LogP contribution in [0.25, 0.3) is 10.8 Å². The first-order valence-corrected chi connectivity index (χ1v) is 10.3. The summed E-state index contributed by atoms with van der Waals surface area (Å²) in [6, 6.07) is 13.9. The number of nitrogens with one attached hydrogen (secondary N) is 2. The molecule has 0 amide bonds. The molecule has 3 rings (SSSR count). The van der Waals surface area contributed by atoms with Gasteiger partial charge in [-0.3, -0.25) is 19.5 Å². The summed E-state index contributed by atoms with van der Waals surface area (Å²) in [5.41, 5.74) is 1.33. The number of fused-ring (bicyclic) bond motifs is 1. The summed E-state index contributed by atoms with van der Waals surface area (Å²) in [5.74, 6) is -0.245. The van der Waals surface area contributed by atoms with Crippen molar-refractivity contribution in [3.63, 3.8) is 0 Å². The number of aromatic hydroxyl groups is 1. The molecule has 3 N–H and O–H groups in total. The van der Waals surface area contributed by atoms with Gasteiger partial charge in [0.05, 0.1) is 17.4 Å². The molecule has 0 radical (unpaired) electrons. The molecule has 8 heteroatoms. The fraction of sp³-hybridized carbons (Fsp3) is 0.200. The Bertz CT molecular complexity index is 1200. The second-order valence-electron chi connectivity index (χ2n) is 6.63. The Hall–Kier alpha value is -3.13. The van der Waals surface area contributed by atoms with E-state index in [1.165, 1.54) is 6.21 Å². The molecule has 1 aromatic heterocycles. The number of aromatic nitrogens is 1. The van der Waals surface area contributed by atoms with E-state index in [1.54, 1.807) is 56.3 Å². The van der Waals surface area contributed by atoms with Crippen LogP contribution >= 0.6 is 0 Å². The van der Waals surface area contributed by atoms with Crippen LogP contribution in [0, 0.1) is 0 Å². The molecule has 0 saturated heterocycles. The Balaban J connectivity index is 1.84. The Kier molecular flexibility index (Phi) is 5.51. The van der Waals surface area contributed by atoms with Gasteiger partial charge in [-0.2, -0.15) is 0 Å². The molecule has 0 saturated carbocycles. The minimum Gasteiger partial charge on any atom is -0.494 e. The number of hydrogen-bond acceptors (Lipinski definition) is 5. The number of anilines is 1. The first-order chi connectivity index (χ1) is 13.3. The van der Waals surface area contributed by atoms with Crippen molar-refractivity contribution >= 4 is 32.7 Å². The Morgan fingerprint density at radius 2 is 1.86 bits per heavy atom. The van der Waals surface area contributed by atoms with Crippen LogP contribution < -0.4 is 10.3 Å². The third kappa shape index (κ3) is 4.23. The van der Waals surface area contributed by atoms with Gasteiger partial charge < -0.3 is 5.11 Å². The number of aliphatic imine (C=N–C) groups is 1. The van der Waals surface area contributed by atoms with E-state index in [-0.39, 0.29) is 18.0 Å². The molecule has 0 unspecified atom stereocenters. The van der Waals surface area contributed by atoms with Gasteiger partial charge in [-0.25, -0.2) is 8.42 Å². The van der Waals surface area contributed by atoms with Crippen molar-refractivity contribution in [2.75, 3.05) is 4.72 Å². The SMILES string of the molecule is CC(C)S(=O)(=O)Nc1cccc(CN=Cc2c(O)[nH]c(=O)c3ccccc23)c1.